The van der Waals surface area contributed by atoms with E-state index in [4.69, 9.17) is 4.98 Å². The number of halogens is 3. The van der Waals surface area contributed by atoms with E-state index in [-0.39, 0.29) is 17.6 Å². The van der Waals surface area contributed by atoms with Gasteiger partial charge in [-0.1, -0.05) is 91.0 Å². The van der Waals surface area contributed by atoms with Gasteiger partial charge in [-0.2, -0.15) is 0 Å². The first-order chi connectivity index (χ1) is 23.3. The van der Waals surface area contributed by atoms with E-state index < -0.39 is 11.9 Å². The molecule has 6 nitrogen and oxygen atoms in total. The number of nitrogens with zero attached hydrogens (tertiary/aromatic N) is 3. The van der Waals surface area contributed by atoms with E-state index in [0.717, 1.165) is 74.1 Å². The molecule has 1 aliphatic rings. The molecule has 0 radical (unpaired) electrons. The molecule has 0 aliphatic carbocycles. The molecule has 4 aromatic carbocycles. The summed E-state index contributed by atoms with van der Waals surface area (Å²) >= 11 is 0. The van der Waals surface area contributed by atoms with Gasteiger partial charge in [0.15, 0.2) is 0 Å². The number of aromatic nitrogens is 2. The Labute approximate surface area is 279 Å². The van der Waals surface area contributed by atoms with Crippen LogP contribution in [-0.2, 0) is 16.8 Å². The van der Waals surface area contributed by atoms with Crippen molar-refractivity contribution < 1.29 is 22.7 Å². The van der Waals surface area contributed by atoms with Crippen molar-refractivity contribution in [2.75, 3.05) is 25.0 Å². The number of hydrogen-bond acceptors (Lipinski definition) is 4. The number of anilines is 1. The molecule has 48 heavy (non-hydrogen) atoms. The van der Waals surface area contributed by atoms with Gasteiger partial charge in [-0.25, -0.2) is 4.98 Å². The molecule has 9 heteroatoms. The molecule has 0 spiro atoms. The van der Waals surface area contributed by atoms with Gasteiger partial charge in [0.25, 0.3) is 0 Å². The lowest BCUT2D eigenvalue weighted by Gasteiger charge is -2.37. The molecule has 248 valence electrons. The molecule has 5 aromatic rings. The molecule has 0 unspecified atom stereocenters. The number of imidazole rings is 1. The van der Waals surface area contributed by atoms with Crippen LogP contribution in [-0.4, -0.2) is 46.4 Å². The van der Waals surface area contributed by atoms with Gasteiger partial charge >= 0.3 is 6.36 Å². The van der Waals surface area contributed by atoms with E-state index in [1.165, 1.54) is 24.3 Å². The molecular formula is C39H39F3N4O2. The van der Waals surface area contributed by atoms with E-state index in [1.54, 1.807) is 0 Å². The van der Waals surface area contributed by atoms with Gasteiger partial charge in [-0.3, -0.25) is 4.79 Å². The third-order valence-corrected chi connectivity index (χ3v) is 9.07. The third-order valence-electron chi connectivity index (χ3n) is 9.07. The molecule has 2 heterocycles. The van der Waals surface area contributed by atoms with Crippen LogP contribution < -0.4 is 10.1 Å². The smallest absolute Gasteiger partial charge is 0.406 e. The maximum atomic E-state index is 12.8. The molecule has 0 atom stereocenters. The van der Waals surface area contributed by atoms with Crippen LogP contribution in [0, 0.1) is 5.92 Å². The standard InChI is InChI=1S/C39H39F3N4O2/c40-39(41,42)48-36-21-19-34(20-22-36)44-37(47)30-23-26-45(27-24-30)25-11-10-18-35-28-46(29-43-35)38(31-12-4-1-5-13-31,32-14-6-2-7-15-32)33-16-8-3-9-17-33/h1-9,12-17,19-22,28-30H,10-11,18,23-27H2,(H,44,47). The number of ether oxygens (including phenoxy) is 1. The zero-order chi connectivity index (χ0) is 33.4. The summed E-state index contributed by atoms with van der Waals surface area (Å²) in [4.78, 5) is 20.1. The van der Waals surface area contributed by atoms with Crippen molar-refractivity contribution in [3.8, 4) is 5.75 Å². The summed E-state index contributed by atoms with van der Waals surface area (Å²) in [6.45, 7) is 2.62. The van der Waals surface area contributed by atoms with Crippen LogP contribution in [0.3, 0.4) is 0 Å². The quantitative estimate of drug-likeness (QED) is 0.109. The lowest BCUT2D eigenvalue weighted by Crippen LogP contribution is -2.38. The Morgan fingerprint density at radius 3 is 1.83 bits per heavy atom. The fraction of sp³-hybridized carbons (Fsp3) is 0.282. The minimum Gasteiger partial charge on any atom is -0.406 e. The summed E-state index contributed by atoms with van der Waals surface area (Å²) in [6.07, 6.45) is 3.78. The summed E-state index contributed by atoms with van der Waals surface area (Å²) < 4.78 is 43.4. The van der Waals surface area contributed by atoms with Crippen LogP contribution in [0.2, 0.25) is 0 Å². The summed E-state index contributed by atoms with van der Waals surface area (Å²) in [5.41, 5.74) is 4.42. The maximum absolute atomic E-state index is 12.8. The first kappa shape index (κ1) is 33.0. The number of rotatable bonds is 12. The number of benzene rings is 4. The average molecular weight is 653 g/mol. The minimum atomic E-state index is -4.75. The first-order valence-corrected chi connectivity index (χ1v) is 16.4. The number of amides is 1. The highest BCUT2D eigenvalue weighted by molar-refractivity contribution is 5.92. The number of carbonyl (C=O) groups excluding carboxylic acids is 1. The molecule has 0 saturated carbocycles. The number of hydrogen-bond donors (Lipinski definition) is 1. The van der Waals surface area contributed by atoms with Crippen molar-refractivity contribution >= 4 is 11.6 Å². The van der Waals surface area contributed by atoms with Gasteiger partial charge in [0.05, 0.1) is 12.0 Å². The molecule has 6 rings (SSSR count). The highest BCUT2D eigenvalue weighted by Gasteiger charge is 2.38. The molecule has 1 aromatic heterocycles. The molecule has 0 bridgehead atoms. The fourth-order valence-electron chi connectivity index (χ4n) is 6.71. The molecule has 1 aliphatic heterocycles. The zero-order valence-corrected chi connectivity index (χ0v) is 26.7. The Morgan fingerprint density at radius 1 is 0.771 bits per heavy atom. The summed E-state index contributed by atoms with van der Waals surface area (Å²) in [7, 11) is 0. The maximum Gasteiger partial charge on any atom is 0.573 e. The Bertz CT molecular complexity index is 1640. The van der Waals surface area contributed by atoms with Crippen LogP contribution in [0.4, 0.5) is 18.9 Å². The van der Waals surface area contributed by atoms with E-state index >= 15 is 0 Å². The van der Waals surface area contributed by atoms with Crippen LogP contribution in [0.15, 0.2) is 128 Å². The van der Waals surface area contributed by atoms with E-state index in [0.29, 0.717) is 5.69 Å². The van der Waals surface area contributed by atoms with Crippen molar-refractivity contribution in [1.82, 2.24) is 14.5 Å². The Kier molecular flexibility index (Phi) is 10.3. The number of alkyl halides is 3. The number of unbranched alkanes of at least 4 members (excludes halogenated alkanes) is 1. The van der Waals surface area contributed by atoms with E-state index in [9.17, 15) is 18.0 Å². The second-order valence-corrected chi connectivity index (χ2v) is 12.2. The van der Waals surface area contributed by atoms with Gasteiger partial charge in [-0.15, -0.1) is 13.2 Å². The molecular weight excluding hydrogens is 613 g/mol. The number of aryl methyl sites for hydroxylation is 1. The van der Waals surface area contributed by atoms with Crippen molar-refractivity contribution in [3.63, 3.8) is 0 Å². The number of nitrogens with one attached hydrogen (secondary N) is 1. The number of carbonyl (C=O) groups is 1. The Morgan fingerprint density at radius 2 is 1.31 bits per heavy atom. The lowest BCUT2D eigenvalue weighted by atomic mass is 9.77. The van der Waals surface area contributed by atoms with Crippen LogP contribution in [0.1, 0.15) is 48.1 Å². The largest absolute Gasteiger partial charge is 0.573 e. The SMILES string of the molecule is O=C(Nc1ccc(OC(F)(F)F)cc1)C1CCN(CCCCc2cn(C(c3ccccc3)(c3ccccc3)c3ccccc3)cn2)CC1. The summed E-state index contributed by atoms with van der Waals surface area (Å²) in [6, 6.07) is 37.0. The van der Waals surface area contributed by atoms with Crippen LogP contribution in [0.5, 0.6) is 5.75 Å². The van der Waals surface area contributed by atoms with Crippen molar-refractivity contribution in [2.24, 2.45) is 5.92 Å². The molecule has 1 N–H and O–H groups in total. The Balaban J connectivity index is 1.03. The molecule has 1 amide bonds. The second kappa shape index (κ2) is 14.9. The lowest BCUT2D eigenvalue weighted by molar-refractivity contribution is -0.274. The van der Waals surface area contributed by atoms with Gasteiger partial charge in [0, 0.05) is 17.8 Å². The molecule has 1 fully saturated rings. The summed E-state index contributed by atoms with van der Waals surface area (Å²) in [5, 5.41) is 2.83. The van der Waals surface area contributed by atoms with E-state index in [2.05, 4.69) is 98.5 Å². The minimum absolute atomic E-state index is 0.104. The van der Waals surface area contributed by atoms with E-state index in [1.807, 2.05) is 24.5 Å². The average Bonchev–Trinajstić information content (AvgIpc) is 3.58. The monoisotopic (exact) mass is 652 g/mol. The number of likely N-dealkylation sites (tertiary alicyclic amines) is 1. The predicted octanol–water partition coefficient (Wildman–Crippen LogP) is 8.30. The van der Waals surface area contributed by atoms with Crippen molar-refractivity contribution in [2.45, 2.75) is 44.0 Å². The van der Waals surface area contributed by atoms with Crippen molar-refractivity contribution in [1.29, 1.82) is 0 Å². The zero-order valence-electron chi connectivity index (χ0n) is 26.7. The van der Waals surface area contributed by atoms with Crippen molar-refractivity contribution in [3.05, 3.63) is 150 Å². The van der Waals surface area contributed by atoms with Crippen LogP contribution in [0.25, 0.3) is 0 Å². The first-order valence-electron chi connectivity index (χ1n) is 16.4. The normalized spacial score (nSPS) is 14.5. The second-order valence-electron chi connectivity index (χ2n) is 12.2. The number of piperidine rings is 1. The van der Waals surface area contributed by atoms with Gasteiger partial charge < -0.3 is 19.5 Å². The molecule has 1 saturated heterocycles. The highest BCUT2D eigenvalue weighted by atomic mass is 19.4. The van der Waals surface area contributed by atoms with Crippen LogP contribution >= 0.6 is 0 Å². The van der Waals surface area contributed by atoms with Gasteiger partial charge in [-0.05, 0) is 92.7 Å². The summed E-state index contributed by atoms with van der Waals surface area (Å²) in [5.74, 6) is -0.551. The Hall–Kier alpha value is -4.89. The highest BCUT2D eigenvalue weighted by Crippen LogP contribution is 2.40. The van der Waals surface area contributed by atoms with Gasteiger partial charge in [0.1, 0.15) is 11.3 Å². The fourth-order valence-corrected chi connectivity index (χ4v) is 6.71. The third kappa shape index (κ3) is 7.80. The van der Waals surface area contributed by atoms with Gasteiger partial charge in [0.2, 0.25) is 5.91 Å². The predicted molar refractivity (Wildman–Crippen MR) is 181 cm³/mol. The topological polar surface area (TPSA) is 59.4 Å².